The molecule has 0 aliphatic carbocycles. The third-order valence-corrected chi connectivity index (χ3v) is 1.84. The number of nitrogens with zero attached hydrogens (tertiary/aromatic N) is 2. The van der Waals surface area contributed by atoms with Crippen LogP contribution in [0, 0.1) is 5.92 Å². The van der Waals surface area contributed by atoms with Gasteiger partial charge in [-0.2, -0.15) is 5.10 Å². The van der Waals surface area contributed by atoms with Gasteiger partial charge in [0, 0.05) is 11.6 Å². The third-order valence-electron chi connectivity index (χ3n) is 1.84. The molecule has 0 bridgehead atoms. The second kappa shape index (κ2) is 3.47. The molecule has 1 heterocycles. The van der Waals surface area contributed by atoms with Crippen LogP contribution in [-0.2, 0) is 9.53 Å². The first-order valence-electron chi connectivity index (χ1n) is 3.96. The molecule has 12 heavy (non-hydrogen) atoms. The molecule has 1 atom stereocenters. The van der Waals surface area contributed by atoms with E-state index in [-0.39, 0.29) is 11.9 Å². The van der Waals surface area contributed by atoms with E-state index in [4.69, 9.17) is 4.74 Å². The molecule has 0 radical (unpaired) electrons. The predicted octanol–water partition coefficient (Wildman–Crippen LogP) is 1.02. The summed E-state index contributed by atoms with van der Waals surface area (Å²) in [6.45, 7) is 5.89. The van der Waals surface area contributed by atoms with Crippen LogP contribution in [0.5, 0.6) is 0 Å². The molecule has 1 aliphatic rings. The Morgan fingerprint density at radius 3 is 2.67 bits per heavy atom. The zero-order valence-electron chi connectivity index (χ0n) is 7.50. The van der Waals surface area contributed by atoms with E-state index in [2.05, 4.69) is 10.2 Å². The summed E-state index contributed by atoms with van der Waals surface area (Å²) in [5.41, 5.74) is 1.27. The molecular weight excluding hydrogens is 156 g/mol. The first-order chi connectivity index (χ1) is 5.66. The fraction of sp³-hybridized carbons (Fsp3) is 0.625. The number of ether oxygens (including phenoxy) is 1. The van der Waals surface area contributed by atoms with E-state index in [1.54, 1.807) is 6.92 Å². The molecule has 4 nitrogen and oxygen atoms in total. The molecule has 0 aromatic rings. The monoisotopic (exact) mass is 168 g/mol. The van der Waals surface area contributed by atoms with Crippen LogP contribution in [0.1, 0.15) is 20.8 Å². The third kappa shape index (κ3) is 1.52. The lowest BCUT2D eigenvalue weighted by atomic mass is 10.0. The van der Waals surface area contributed by atoms with Gasteiger partial charge in [0.25, 0.3) is 0 Å². The molecule has 0 unspecified atom stereocenters. The van der Waals surface area contributed by atoms with Gasteiger partial charge in [-0.3, -0.25) is 0 Å². The molecule has 0 saturated carbocycles. The van der Waals surface area contributed by atoms with Crippen LogP contribution in [0.4, 0.5) is 0 Å². The van der Waals surface area contributed by atoms with E-state index < -0.39 is 0 Å². The van der Waals surface area contributed by atoms with Gasteiger partial charge in [0.2, 0.25) is 0 Å². The van der Waals surface area contributed by atoms with Gasteiger partial charge >= 0.3 is 5.97 Å². The molecule has 1 rings (SSSR count). The van der Waals surface area contributed by atoms with Gasteiger partial charge in [-0.25, -0.2) is 4.79 Å². The Morgan fingerprint density at radius 1 is 1.58 bits per heavy atom. The quantitative estimate of drug-likeness (QED) is 0.578. The summed E-state index contributed by atoms with van der Waals surface area (Å²) in [4.78, 5) is 11.2. The van der Waals surface area contributed by atoms with Crippen LogP contribution in [0.25, 0.3) is 0 Å². The van der Waals surface area contributed by atoms with E-state index in [1.807, 2.05) is 13.8 Å². The van der Waals surface area contributed by atoms with Gasteiger partial charge in [0.05, 0.1) is 6.61 Å². The molecule has 0 N–H and O–H groups in total. The van der Waals surface area contributed by atoms with Crippen molar-refractivity contribution in [2.24, 2.45) is 16.1 Å². The first-order valence-corrected chi connectivity index (χ1v) is 3.96. The van der Waals surface area contributed by atoms with Crippen LogP contribution in [0.3, 0.4) is 0 Å². The van der Waals surface area contributed by atoms with Gasteiger partial charge < -0.3 is 4.74 Å². The average molecular weight is 168 g/mol. The van der Waals surface area contributed by atoms with Gasteiger partial charge in [0.1, 0.15) is 0 Å². The minimum Gasteiger partial charge on any atom is -0.461 e. The lowest BCUT2D eigenvalue weighted by Crippen LogP contribution is -2.25. The Labute approximate surface area is 71.3 Å². The van der Waals surface area contributed by atoms with Crippen molar-refractivity contribution in [1.82, 2.24) is 0 Å². The van der Waals surface area contributed by atoms with Crippen molar-refractivity contribution < 1.29 is 9.53 Å². The topological polar surface area (TPSA) is 51.0 Å². The lowest BCUT2D eigenvalue weighted by molar-refractivity contribution is -0.135. The maximum absolute atomic E-state index is 11.2. The fourth-order valence-electron chi connectivity index (χ4n) is 0.926. The van der Waals surface area contributed by atoms with Crippen molar-refractivity contribution in [3.05, 3.63) is 0 Å². The average Bonchev–Trinajstić information content (AvgIpc) is 2.34. The molecule has 0 aromatic heterocycles. The van der Waals surface area contributed by atoms with Crippen molar-refractivity contribution in [3.8, 4) is 0 Å². The van der Waals surface area contributed by atoms with E-state index in [0.29, 0.717) is 12.3 Å². The van der Waals surface area contributed by atoms with Crippen molar-refractivity contribution in [3.63, 3.8) is 0 Å². The summed E-state index contributed by atoms with van der Waals surface area (Å²) in [7, 11) is 0. The van der Waals surface area contributed by atoms with E-state index in [0.717, 1.165) is 5.71 Å². The molecule has 0 fully saturated rings. The zero-order chi connectivity index (χ0) is 9.14. The number of hydrogen-bond donors (Lipinski definition) is 0. The molecule has 66 valence electrons. The van der Waals surface area contributed by atoms with Crippen LogP contribution in [-0.4, -0.2) is 24.0 Å². The second-order valence-electron chi connectivity index (χ2n) is 2.67. The van der Waals surface area contributed by atoms with Crippen LogP contribution < -0.4 is 0 Å². The molecule has 1 aliphatic heterocycles. The maximum Gasteiger partial charge on any atom is 0.355 e. The van der Waals surface area contributed by atoms with Crippen molar-refractivity contribution >= 4 is 17.4 Å². The molecule has 4 heteroatoms. The molecular formula is C8H12N2O2. The summed E-state index contributed by atoms with van der Waals surface area (Å²) in [5.74, 6) is -0.352. The number of carbonyl (C=O) groups excluding carboxylic acids is 1. The summed E-state index contributed by atoms with van der Waals surface area (Å²) in [6.07, 6.45) is 0. The Hall–Kier alpha value is -1.19. The Morgan fingerprint density at radius 2 is 2.25 bits per heavy atom. The van der Waals surface area contributed by atoms with Crippen molar-refractivity contribution in [2.45, 2.75) is 20.8 Å². The number of carbonyl (C=O) groups is 1. The Bertz CT molecular complexity index is 256. The predicted molar refractivity (Wildman–Crippen MR) is 46.3 cm³/mol. The SMILES string of the molecule is CCOC(=O)C1=NN=C(C)[C@@H]1C. The lowest BCUT2D eigenvalue weighted by Gasteiger charge is -2.05. The minimum absolute atomic E-state index is 0.00375. The van der Waals surface area contributed by atoms with E-state index >= 15 is 0 Å². The van der Waals surface area contributed by atoms with E-state index in [1.165, 1.54) is 0 Å². The van der Waals surface area contributed by atoms with Gasteiger partial charge in [-0.15, -0.1) is 5.10 Å². The maximum atomic E-state index is 11.2. The summed E-state index contributed by atoms with van der Waals surface area (Å²) in [5, 5.41) is 7.55. The standard InChI is InChI=1S/C8H12N2O2/c1-4-12-8(11)7-5(2)6(3)9-10-7/h5H,4H2,1-3H3/t5-/m0/s1. The van der Waals surface area contributed by atoms with Crippen LogP contribution in [0.15, 0.2) is 10.2 Å². The van der Waals surface area contributed by atoms with Gasteiger partial charge in [0.15, 0.2) is 5.71 Å². The number of esters is 1. The second-order valence-corrected chi connectivity index (χ2v) is 2.67. The number of hydrogen-bond acceptors (Lipinski definition) is 4. The zero-order valence-corrected chi connectivity index (χ0v) is 7.50. The Balaban J connectivity index is 2.63. The Kier molecular flexibility index (Phi) is 2.58. The normalized spacial score (nSPS) is 21.8. The van der Waals surface area contributed by atoms with Crippen molar-refractivity contribution in [2.75, 3.05) is 6.61 Å². The first kappa shape index (κ1) is 8.90. The van der Waals surface area contributed by atoms with Crippen LogP contribution >= 0.6 is 0 Å². The van der Waals surface area contributed by atoms with Crippen molar-refractivity contribution in [1.29, 1.82) is 0 Å². The van der Waals surface area contributed by atoms with E-state index in [9.17, 15) is 4.79 Å². The number of rotatable bonds is 2. The summed E-state index contributed by atoms with van der Waals surface area (Å²) < 4.78 is 4.80. The molecule has 0 saturated heterocycles. The minimum atomic E-state index is -0.356. The summed E-state index contributed by atoms with van der Waals surface area (Å²) in [6, 6.07) is 0. The highest BCUT2D eigenvalue weighted by Crippen LogP contribution is 2.11. The van der Waals surface area contributed by atoms with Crippen LogP contribution in [0.2, 0.25) is 0 Å². The van der Waals surface area contributed by atoms with Gasteiger partial charge in [-0.05, 0) is 13.8 Å². The highest BCUT2D eigenvalue weighted by atomic mass is 16.5. The molecule has 0 amide bonds. The molecule has 0 spiro atoms. The highest BCUT2D eigenvalue weighted by molar-refractivity contribution is 6.42. The fourth-order valence-corrected chi connectivity index (χ4v) is 0.926. The highest BCUT2D eigenvalue weighted by Gasteiger charge is 2.26. The molecule has 0 aromatic carbocycles. The summed E-state index contributed by atoms with van der Waals surface area (Å²) >= 11 is 0. The largest absolute Gasteiger partial charge is 0.461 e. The smallest absolute Gasteiger partial charge is 0.355 e. The van der Waals surface area contributed by atoms with Gasteiger partial charge in [-0.1, -0.05) is 6.92 Å².